The standard InChI is InChI=1S/C21H26N2O3S2/c1-3-22(12-13-24)19(25)10-7-11-23-20(26)18(28-21(23)27)15-16(2)14-17-8-5-4-6-9-17/h4-6,8-9,14-15,24H,3,7,10-13H2,1-2H3. The highest BCUT2D eigenvalue weighted by Crippen LogP contribution is 2.32. The molecule has 1 heterocycles. The van der Waals surface area contributed by atoms with Gasteiger partial charge in [-0.1, -0.05) is 60.4 Å². The van der Waals surface area contributed by atoms with Gasteiger partial charge in [-0.3, -0.25) is 14.5 Å². The van der Waals surface area contributed by atoms with Crippen molar-refractivity contribution < 1.29 is 14.7 Å². The molecule has 0 aliphatic carbocycles. The summed E-state index contributed by atoms with van der Waals surface area (Å²) in [5.41, 5.74) is 2.05. The number of carbonyl (C=O) groups excluding carboxylic acids is 2. The van der Waals surface area contributed by atoms with E-state index in [1.54, 1.807) is 9.80 Å². The smallest absolute Gasteiger partial charge is 0.266 e. The SMILES string of the molecule is CCN(CCO)C(=O)CCCN1C(=O)C(=CC(C)=Cc2ccccc2)SC1=S. The maximum Gasteiger partial charge on any atom is 0.266 e. The summed E-state index contributed by atoms with van der Waals surface area (Å²) < 4.78 is 0.527. The Kier molecular flexibility index (Phi) is 8.89. The van der Waals surface area contributed by atoms with Crippen molar-refractivity contribution >= 4 is 46.2 Å². The fourth-order valence-electron chi connectivity index (χ4n) is 2.88. The van der Waals surface area contributed by atoms with Gasteiger partial charge in [0.05, 0.1) is 11.5 Å². The summed E-state index contributed by atoms with van der Waals surface area (Å²) in [6, 6.07) is 9.93. The van der Waals surface area contributed by atoms with Crippen LogP contribution in [0.15, 0.2) is 46.9 Å². The van der Waals surface area contributed by atoms with Crippen molar-refractivity contribution in [2.24, 2.45) is 0 Å². The van der Waals surface area contributed by atoms with E-state index in [2.05, 4.69) is 0 Å². The molecule has 7 heteroatoms. The van der Waals surface area contributed by atoms with Crippen molar-refractivity contribution in [1.82, 2.24) is 9.80 Å². The summed E-state index contributed by atoms with van der Waals surface area (Å²) in [4.78, 5) is 28.6. The van der Waals surface area contributed by atoms with Crippen LogP contribution in [0.3, 0.4) is 0 Å². The van der Waals surface area contributed by atoms with E-state index in [1.165, 1.54) is 11.8 Å². The molecule has 0 spiro atoms. The quantitative estimate of drug-likeness (QED) is 0.492. The maximum absolute atomic E-state index is 12.7. The van der Waals surface area contributed by atoms with Gasteiger partial charge in [-0.05, 0) is 37.5 Å². The highest BCUT2D eigenvalue weighted by Gasteiger charge is 2.31. The van der Waals surface area contributed by atoms with Crippen LogP contribution in [0.4, 0.5) is 0 Å². The highest BCUT2D eigenvalue weighted by molar-refractivity contribution is 8.26. The maximum atomic E-state index is 12.7. The van der Waals surface area contributed by atoms with E-state index in [1.807, 2.05) is 56.3 Å². The molecule has 1 aromatic carbocycles. The summed E-state index contributed by atoms with van der Waals surface area (Å²) in [7, 11) is 0. The number of carbonyl (C=O) groups is 2. The van der Waals surface area contributed by atoms with Crippen LogP contribution in [0.25, 0.3) is 6.08 Å². The van der Waals surface area contributed by atoms with Gasteiger partial charge in [0.1, 0.15) is 4.32 Å². The zero-order chi connectivity index (χ0) is 20.5. The summed E-state index contributed by atoms with van der Waals surface area (Å²) in [6.45, 7) is 5.12. The first-order chi connectivity index (χ1) is 13.5. The lowest BCUT2D eigenvalue weighted by molar-refractivity contribution is -0.132. The Hall–Kier alpha value is -1.96. The molecule has 0 aromatic heterocycles. The van der Waals surface area contributed by atoms with Crippen LogP contribution in [0.2, 0.25) is 0 Å². The third kappa shape index (κ3) is 6.29. The molecule has 28 heavy (non-hydrogen) atoms. The predicted molar refractivity (Wildman–Crippen MR) is 119 cm³/mol. The number of nitrogens with zero attached hydrogens (tertiary/aromatic N) is 2. The molecular formula is C21H26N2O3S2. The molecule has 1 saturated heterocycles. The minimum absolute atomic E-state index is 0.0147. The predicted octanol–water partition coefficient (Wildman–Crippen LogP) is 3.46. The van der Waals surface area contributed by atoms with Crippen LogP contribution < -0.4 is 0 Å². The van der Waals surface area contributed by atoms with Gasteiger partial charge < -0.3 is 10.0 Å². The topological polar surface area (TPSA) is 60.9 Å². The van der Waals surface area contributed by atoms with Crippen molar-refractivity contribution in [3.05, 3.63) is 52.4 Å². The average Bonchev–Trinajstić information content (AvgIpc) is 2.93. The van der Waals surface area contributed by atoms with Gasteiger partial charge in [0.25, 0.3) is 5.91 Å². The number of likely N-dealkylation sites (N-methyl/N-ethyl adjacent to an activating group) is 1. The molecule has 2 amide bonds. The van der Waals surface area contributed by atoms with Crippen LogP contribution in [0.1, 0.15) is 32.3 Å². The molecule has 1 aliphatic heterocycles. The molecule has 0 radical (unpaired) electrons. The third-order valence-electron chi connectivity index (χ3n) is 4.30. The molecule has 0 saturated carbocycles. The van der Waals surface area contributed by atoms with Crippen LogP contribution >= 0.6 is 24.0 Å². The average molecular weight is 419 g/mol. The van der Waals surface area contributed by atoms with Crippen LogP contribution in [-0.2, 0) is 9.59 Å². The van der Waals surface area contributed by atoms with E-state index >= 15 is 0 Å². The Morgan fingerprint density at radius 1 is 1.32 bits per heavy atom. The van der Waals surface area contributed by atoms with E-state index < -0.39 is 0 Å². The van der Waals surface area contributed by atoms with Gasteiger partial charge in [-0.2, -0.15) is 0 Å². The molecule has 1 fully saturated rings. The Balaban J connectivity index is 1.94. The van der Waals surface area contributed by atoms with Gasteiger partial charge in [0.15, 0.2) is 0 Å². The van der Waals surface area contributed by atoms with Gasteiger partial charge in [0, 0.05) is 26.1 Å². The fraction of sp³-hybridized carbons (Fsp3) is 0.381. The Bertz CT molecular complexity index is 775. The molecule has 1 aliphatic rings. The van der Waals surface area contributed by atoms with Crippen molar-refractivity contribution in [2.75, 3.05) is 26.2 Å². The first-order valence-corrected chi connectivity index (χ1v) is 10.6. The lowest BCUT2D eigenvalue weighted by Crippen LogP contribution is -2.34. The normalized spacial score (nSPS) is 16.2. The lowest BCUT2D eigenvalue weighted by Gasteiger charge is -2.20. The van der Waals surface area contributed by atoms with Crippen molar-refractivity contribution in [1.29, 1.82) is 0 Å². The van der Waals surface area contributed by atoms with E-state index in [0.717, 1.165) is 11.1 Å². The first kappa shape index (κ1) is 22.3. The molecule has 1 N–H and O–H groups in total. The third-order valence-corrected chi connectivity index (χ3v) is 5.68. The minimum Gasteiger partial charge on any atom is -0.395 e. The number of allylic oxidation sites excluding steroid dienone is 2. The molecule has 0 atom stereocenters. The van der Waals surface area contributed by atoms with Crippen LogP contribution in [0, 0.1) is 0 Å². The number of rotatable bonds is 9. The Morgan fingerprint density at radius 3 is 2.68 bits per heavy atom. The zero-order valence-corrected chi connectivity index (χ0v) is 17.9. The summed E-state index contributed by atoms with van der Waals surface area (Å²) in [5, 5.41) is 9.00. The molecule has 2 rings (SSSR count). The van der Waals surface area contributed by atoms with Gasteiger partial charge >= 0.3 is 0 Å². The zero-order valence-electron chi connectivity index (χ0n) is 16.3. The van der Waals surface area contributed by atoms with Gasteiger partial charge in [-0.25, -0.2) is 0 Å². The van der Waals surface area contributed by atoms with E-state index in [-0.39, 0.29) is 18.4 Å². The Labute approximate surface area is 176 Å². The monoisotopic (exact) mass is 418 g/mol. The summed E-state index contributed by atoms with van der Waals surface area (Å²) >= 11 is 6.65. The summed E-state index contributed by atoms with van der Waals surface area (Å²) in [6.07, 6.45) is 4.75. The molecule has 1 aromatic rings. The number of thioether (sulfide) groups is 1. The van der Waals surface area contributed by atoms with E-state index in [4.69, 9.17) is 17.3 Å². The number of aliphatic hydroxyl groups is 1. The van der Waals surface area contributed by atoms with Crippen LogP contribution in [-0.4, -0.2) is 57.3 Å². The number of thiocarbonyl (C=S) groups is 1. The molecule has 0 unspecified atom stereocenters. The molecule has 5 nitrogen and oxygen atoms in total. The second-order valence-electron chi connectivity index (χ2n) is 6.43. The minimum atomic E-state index is -0.106. The van der Waals surface area contributed by atoms with Gasteiger partial charge in [-0.15, -0.1) is 0 Å². The first-order valence-electron chi connectivity index (χ1n) is 9.33. The molecule has 150 valence electrons. The fourth-order valence-corrected chi connectivity index (χ4v) is 4.24. The summed E-state index contributed by atoms with van der Waals surface area (Å²) in [5.74, 6) is -0.120. The second kappa shape index (κ2) is 11.1. The highest BCUT2D eigenvalue weighted by atomic mass is 32.2. The van der Waals surface area contributed by atoms with E-state index in [0.29, 0.717) is 41.7 Å². The lowest BCUT2D eigenvalue weighted by atomic mass is 10.1. The van der Waals surface area contributed by atoms with Crippen molar-refractivity contribution in [3.8, 4) is 0 Å². The number of amides is 2. The molecule has 0 bridgehead atoms. The number of hydrogen-bond donors (Lipinski definition) is 1. The molecular weight excluding hydrogens is 392 g/mol. The second-order valence-corrected chi connectivity index (χ2v) is 8.11. The Morgan fingerprint density at radius 2 is 2.04 bits per heavy atom. The number of hydrogen-bond acceptors (Lipinski definition) is 5. The number of benzene rings is 1. The van der Waals surface area contributed by atoms with Crippen LogP contribution in [0.5, 0.6) is 0 Å². The van der Waals surface area contributed by atoms with Gasteiger partial charge in [0.2, 0.25) is 5.91 Å². The van der Waals surface area contributed by atoms with E-state index in [9.17, 15) is 9.59 Å². The van der Waals surface area contributed by atoms with Crippen molar-refractivity contribution in [2.45, 2.75) is 26.7 Å². The van der Waals surface area contributed by atoms with Crippen molar-refractivity contribution in [3.63, 3.8) is 0 Å². The number of aliphatic hydroxyl groups excluding tert-OH is 1. The largest absolute Gasteiger partial charge is 0.395 e.